The molecule has 1 heterocycles. The first-order chi connectivity index (χ1) is 8.81. The van der Waals surface area contributed by atoms with Crippen molar-refractivity contribution < 1.29 is 14.7 Å². The molecule has 0 spiro atoms. The van der Waals surface area contributed by atoms with Crippen LogP contribution >= 0.6 is 0 Å². The molecule has 1 aromatic rings. The van der Waals surface area contributed by atoms with Gasteiger partial charge in [0.1, 0.15) is 5.69 Å². The third-order valence-electron chi connectivity index (χ3n) is 2.71. The zero-order valence-corrected chi connectivity index (χ0v) is 11.1. The molecule has 1 atom stereocenters. The summed E-state index contributed by atoms with van der Waals surface area (Å²) in [5.41, 5.74) is -0.236. The van der Waals surface area contributed by atoms with Gasteiger partial charge in [-0.1, -0.05) is 13.8 Å². The first kappa shape index (κ1) is 14.9. The molecule has 19 heavy (non-hydrogen) atoms. The highest BCUT2D eigenvalue weighted by atomic mass is 16.4. The fourth-order valence-corrected chi connectivity index (χ4v) is 1.51. The molecule has 0 saturated carbocycles. The summed E-state index contributed by atoms with van der Waals surface area (Å²) in [5.74, 6) is -1.49. The Balaban J connectivity index is 2.84. The lowest BCUT2D eigenvalue weighted by Gasteiger charge is -2.20. The molecule has 1 unspecified atom stereocenters. The number of carboxylic acid groups (broad SMARTS) is 1. The van der Waals surface area contributed by atoms with Gasteiger partial charge in [-0.05, 0) is 12.0 Å². The number of rotatable bonds is 5. The fourth-order valence-electron chi connectivity index (χ4n) is 1.51. The molecular weight excluding hydrogens is 250 g/mol. The van der Waals surface area contributed by atoms with Crippen molar-refractivity contribution in [3.63, 3.8) is 0 Å². The highest BCUT2D eigenvalue weighted by molar-refractivity contribution is 5.92. The minimum Gasteiger partial charge on any atom is -0.481 e. The van der Waals surface area contributed by atoms with Gasteiger partial charge < -0.3 is 10.4 Å². The maximum atomic E-state index is 11.9. The number of carboxylic acids is 1. The maximum absolute atomic E-state index is 11.9. The lowest BCUT2D eigenvalue weighted by molar-refractivity contribution is -0.137. The lowest BCUT2D eigenvalue weighted by atomic mass is 10.0. The molecule has 0 bridgehead atoms. The van der Waals surface area contributed by atoms with E-state index in [1.807, 2.05) is 13.8 Å². The Morgan fingerprint density at radius 2 is 2.05 bits per heavy atom. The van der Waals surface area contributed by atoms with Crippen molar-refractivity contribution in [2.75, 3.05) is 0 Å². The minimum absolute atomic E-state index is 0.0208. The second kappa shape index (κ2) is 6.12. The Morgan fingerprint density at radius 3 is 2.53 bits per heavy atom. The summed E-state index contributed by atoms with van der Waals surface area (Å²) in [6.45, 7) is 3.64. The molecule has 7 heteroatoms. The van der Waals surface area contributed by atoms with Crippen molar-refractivity contribution >= 4 is 11.9 Å². The molecule has 2 N–H and O–H groups in total. The number of hydrogen-bond donors (Lipinski definition) is 2. The molecule has 0 radical (unpaired) electrons. The number of nitrogens with zero attached hydrogens (tertiary/aromatic N) is 2. The summed E-state index contributed by atoms with van der Waals surface area (Å²) >= 11 is 0. The number of aryl methyl sites for hydroxylation is 1. The van der Waals surface area contributed by atoms with Gasteiger partial charge in [0.25, 0.3) is 11.5 Å². The summed E-state index contributed by atoms with van der Waals surface area (Å²) in [7, 11) is 1.44. The number of carbonyl (C=O) groups is 2. The van der Waals surface area contributed by atoms with Crippen LogP contribution in [0.3, 0.4) is 0 Å². The zero-order chi connectivity index (χ0) is 14.6. The second-order valence-corrected chi connectivity index (χ2v) is 4.60. The van der Waals surface area contributed by atoms with Crippen LogP contribution < -0.4 is 10.9 Å². The molecule has 1 amide bonds. The van der Waals surface area contributed by atoms with Gasteiger partial charge >= 0.3 is 5.97 Å². The highest BCUT2D eigenvalue weighted by Gasteiger charge is 2.20. The molecule has 1 rings (SSSR count). The van der Waals surface area contributed by atoms with Crippen molar-refractivity contribution in [2.45, 2.75) is 26.3 Å². The molecule has 0 aliphatic rings. The molecule has 1 aromatic heterocycles. The number of aromatic nitrogens is 2. The molecule has 104 valence electrons. The van der Waals surface area contributed by atoms with Crippen LogP contribution in [0.2, 0.25) is 0 Å². The van der Waals surface area contributed by atoms with Crippen LogP contribution in [0.1, 0.15) is 30.8 Å². The number of amides is 1. The number of aliphatic carboxylic acids is 1. The summed E-state index contributed by atoms with van der Waals surface area (Å²) in [6, 6.07) is 2.07. The maximum Gasteiger partial charge on any atom is 0.305 e. The number of carbonyl (C=O) groups excluding carboxylic acids is 1. The van der Waals surface area contributed by atoms with Gasteiger partial charge in [0.05, 0.1) is 6.42 Å². The van der Waals surface area contributed by atoms with Gasteiger partial charge in [-0.25, -0.2) is 4.68 Å². The van der Waals surface area contributed by atoms with Crippen LogP contribution in [0.4, 0.5) is 0 Å². The average molecular weight is 267 g/mol. The normalized spacial score (nSPS) is 12.2. The van der Waals surface area contributed by atoms with Crippen molar-refractivity contribution in [1.82, 2.24) is 15.1 Å². The molecule has 0 aliphatic carbocycles. The topological polar surface area (TPSA) is 101 Å². The van der Waals surface area contributed by atoms with Gasteiger partial charge in [-0.2, -0.15) is 5.10 Å². The monoisotopic (exact) mass is 267 g/mol. The summed E-state index contributed by atoms with van der Waals surface area (Å²) in [5, 5.41) is 15.2. The van der Waals surface area contributed by atoms with Crippen LogP contribution in [0, 0.1) is 5.92 Å². The molecular formula is C12H17N3O4. The minimum atomic E-state index is -0.979. The van der Waals surface area contributed by atoms with E-state index in [2.05, 4.69) is 10.4 Å². The highest BCUT2D eigenvalue weighted by Crippen LogP contribution is 2.07. The zero-order valence-electron chi connectivity index (χ0n) is 11.1. The largest absolute Gasteiger partial charge is 0.481 e. The van der Waals surface area contributed by atoms with Crippen LogP contribution in [0.5, 0.6) is 0 Å². The van der Waals surface area contributed by atoms with E-state index < -0.39 is 17.9 Å². The second-order valence-electron chi connectivity index (χ2n) is 4.60. The number of hydrogen-bond acceptors (Lipinski definition) is 4. The Morgan fingerprint density at radius 1 is 1.42 bits per heavy atom. The molecule has 7 nitrogen and oxygen atoms in total. The predicted octanol–water partition coefficient (Wildman–Crippen LogP) is 0.00940. The third kappa shape index (κ3) is 4.20. The SMILES string of the molecule is CC(C)C(CC(=O)O)NC(=O)c1ccc(=O)n(C)n1. The Kier molecular flexibility index (Phi) is 4.80. The Labute approximate surface area is 110 Å². The lowest BCUT2D eigenvalue weighted by Crippen LogP contribution is -2.41. The van der Waals surface area contributed by atoms with Crippen molar-refractivity contribution in [2.24, 2.45) is 13.0 Å². The number of nitrogens with one attached hydrogen (secondary N) is 1. The quantitative estimate of drug-likeness (QED) is 0.782. The van der Waals surface area contributed by atoms with E-state index in [9.17, 15) is 14.4 Å². The van der Waals surface area contributed by atoms with Crippen LogP contribution in [-0.4, -0.2) is 32.8 Å². The predicted molar refractivity (Wildman–Crippen MR) is 67.8 cm³/mol. The van der Waals surface area contributed by atoms with Gasteiger partial charge in [0, 0.05) is 19.2 Å². The molecule has 0 aromatic carbocycles. The van der Waals surface area contributed by atoms with Crippen molar-refractivity contribution in [1.29, 1.82) is 0 Å². The van der Waals surface area contributed by atoms with Crippen LogP contribution in [0.15, 0.2) is 16.9 Å². The van der Waals surface area contributed by atoms with E-state index in [-0.39, 0.29) is 23.6 Å². The smallest absolute Gasteiger partial charge is 0.305 e. The standard InChI is InChI=1S/C12H17N3O4/c1-7(2)9(6-11(17)18)13-12(19)8-4-5-10(16)15(3)14-8/h4-5,7,9H,6H2,1-3H3,(H,13,19)(H,17,18). The van der Waals surface area contributed by atoms with Gasteiger partial charge in [0.15, 0.2) is 0 Å². The fraction of sp³-hybridized carbons (Fsp3) is 0.500. The molecule has 0 saturated heterocycles. The van der Waals surface area contributed by atoms with E-state index in [0.717, 1.165) is 4.68 Å². The average Bonchev–Trinajstić information content (AvgIpc) is 2.31. The van der Waals surface area contributed by atoms with Gasteiger partial charge in [-0.3, -0.25) is 14.4 Å². The summed E-state index contributed by atoms with van der Waals surface area (Å²) in [6.07, 6.45) is -0.158. The first-order valence-corrected chi connectivity index (χ1v) is 5.88. The molecule has 0 aliphatic heterocycles. The van der Waals surface area contributed by atoms with E-state index in [0.29, 0.717) is 0 Å². The van der Waals surface area contributed by atoms with Crippen LogP contribution in [-0.2, 0) is 11.8 Å². The van der Waals surface area contributed by atoms with E-state index in [1.165, 1.54) is 19.2 Å². The first-order valence-electron chi connectivity index (χ1n) is 5.88. The summed E-state index contributed by atoms with van der Waals surface area (Å²) < 4.78 is 1.05. The van der Waals surface area contributed by atoms with Crippen molar-refractivity contribution in [3.8, 4) is 0 Å². The van der Waals surface area contributed by atoms with Gasteiger partial charge in [0.2, 0.25) is 0 Å². The Bertz CT molecular complexity index is 536. The van der Waals surface area contributed by atoms with Crippen LogP contribution in [0.25, 0.3) is 0 Å². The summed E-state index contributed by atoms with van der Waals surface area (Å²) in [4.78, 5) is 33.8. The van der Waals surface area contributed by atoms with E-state index >= 15 is 0 Å². The third-order valence-corrected chi connectivity index (χ3v) is 2.71. The molecule has 0 fully saturated rings. The Hall–Kier alpha value is -2.18. The van der Waals surface area contributed by atoms with E-state index in [1.54, 1.807) is 0 Å². The van der Waals surface area contributed by atoms with Crippen molar-refractivity contribution in [3.05, 3.63) is 28.2 Å². The van der Waals surface area contributed by atoms with Gasteiger partial charge in [-0.15, -0.1) is 0 Å². The van der Waals surface area contributed by atoms with E-state index in [4.69, 9.17) is 5.11 Å².